The molecule has 0 saturated carbocycles. The molecule has 0 bridgehead atoms. The summed E-state index contributed by atoms with van der Waals surface area (Å²) >= 11 is 11.4. The Balaban J connectivity index is 1.91. The number of thiophene rings is 1. The summed E-state index contributed by atoms with van der Waals surface area (Å²) in [5, 5.41) is 8.19. The van der Waals surface area contributed by atoms with Gasteiger partial charge in [-0.05, 0) is 58.1 Å². The van der Waals surface area contributed by atoms with E-state index < -0.39 is 0 Å². The summed E-state index contributed by atoms with van der Waals surface area (Å²) < 4.78 is 17.0. The Morgan fingerprint density at radius 2 is 2.28 bits per heavy atom. The molecule has 130 valence electrons. The zero-order chi connectivity index (χ0) is 17.8. The number of benzene rings is 1. The maximum absolute atomic E-state index is 6.34. The van der Waals surface area contributed by atoms with E-state index in [4.69, 9.17) is 25.6 Å². The van der Waals surface area contributed by atoms with Crippen molar-refractivity contribution < 1.29 is 14.0 Å². The van der Waals surface area contributed by atoms with E-state index in [-0.39, 0.29) is 5.89 Å². The van der Waals surface area contributed by atoms with E-state index in [0.717, 1.165) is 15.6 Å². The normalized spacial score (nSPS) is 11.6. The number of halogens is 2. The summed E-state index contributed by atoms with van der Waals surface area (Å²) in [5.41, 5.74) is 1.71. The Kier molecular flexibility index (Phi) is 5.78. The molecule has 0 radical (unpaired) electrons. The van der Waals surface area contributed by atoms with E-state index in [9.17, 15) is 0 Å². The van der Waals surface area contributed by atoms with Crippen molar-refractivity contribution in [2.45, 2.75) is 6.92 Å². The summed E-state index contributed by atoms with van der Waals surface area (Å²) in [6.45, 7) is 2.45. The minimum absolute atomic E-state index is 0.256. The first-order valence-electron chi connectivity index (χ1n) is 7.36. The van der Waals surface area contributed by atoms with Gasteiger partial charge < -0.3 is 14.0 Å². The van der Waals surface area contributed by atoms with Crippen molar-refractivity contribution in [1.29, 1.82) is 0 Å². The molecule has 0 unspecified atom stereocenters. The minimum Gasteiger partial charge on any atom is -0.493 e. The Morgan fingerprint density at radius 3 is 2.96 bits per heavy atom. The Labute approximate surface area is 162 Å². The van der Waals surface area contributed by atoms with Gasteiger partial charge in [-0.3, -0.25) is 0 Å². The third-order valence-electron chi connectivity index (χ3n) is 3.24. The van der Waals surface area contributed by atoms with E-state index in [2.05, 4.69) is 26.1 Å². The molecule has 2 aromatic heterocycles. The summed E-state index contributed by atoms with van der Waals surface area (Å²) in [4.78, 5) is 4.32. The van der Waals surface area contributed by atoms with E-state index in [1.807, 2.05) is 35.9 Å². The van der Waals surface area contributed by atoms with Crippen molar-refractivity contribution in [2.75, 3.05) is 13.7 Å². The highest BCUT2D eigenvalue weighted by atomic mass is 79.9. The first-order chi connectivity index (χ1) is 12.1. The van der Waals surface area contributed by atoms with Gasteiger partial charge in [0.2, 0.25) is 5.82 Å². The van der Waals surface area contributed by atoms with Gasteiger partial charge in [-0.1, -0.05) is 16.8 Å². The summed E-state index contributed by atoms with van der Waals surface area (Å²) in [6, 6.07) is 5.63. The molecule has 5 nitrogen and oxygen atoms in total. The standard InChI is InChI=1S/C17H14BrClN2O3S/c1-3-23-15-12(18)6-10(8-14(15)22-2)7-13(19)17-20-16(21-24-17)11-4-5-25-9-11/h4-9H,3H2,1-2H3. The molecule has 0 aliphatic carbocycles. The topological polar surface area (TPSA) is 57.4 Å². The molecule has 0 spiro atoms. The van der Waals surface area contributed by atoms with Gasteiger partial charge in [0.25, 0.3) is 5.89 Å². The maximum atomic E-state index is 6.34. The Morgan fingerprint density at radius 1 is 1.44 bits per heavy atom. The van der Waals surface area contributed by atoms with Gasteiger partial charge in [0.05, 0.1) is 18.2 Å². The SMILES string of the molecule is CCOc1c(Br)cc(C=C(Cl)c2nc(-c3ccsc3)no2)cc1OC. The quantitative estimate of drug-likeness (QED) is 0.491. The smallest absolute Gasteiger partial charge is 0.269 e. The third kappa shape index (κ3) is 4.05. The van der Waals surface area contributed by atoms with Crippen LogP contribution in [-0.4, -0.2) is 23.9 Å². The average Bonchev–Trinajstić information content (AvgIpc) is 3.28. The fourth-order valence-electron chi connectivity index (χ4n) is 2.15. The fourth-order valence-corrected chi connectivity index (χ4v) is 3.56. The van der Waals surface area contributed by atoms with Crippen molar-refractivity contribution in [3.05, 3.63) is 44.9 Å². The van der Waals surface area contributed by atoms with Crippen LogP contribution in [0.4, 0.5) is 0 Å². The maximum Gasteiger partial charge on any atom is 0.269 e. The lowest BCUT2D eigenvalue weighted by Crippen LogP contribution is -1.97. The number of aromatic nitrogens is 2. The van der Waals surface area contributed by atoms with Crippen LogP contribution < -0.4 is 9.47 Å². The average molecular weight is 442 g/mol. The van der Waals surface area contributed by atoms with Crippen LogP contribution in [0.25, 0.3) is 22.5 Å². The van der Waals surface area contributed by atoms with E-state index in [1.54, 1.807) is 24.5 Å². The molecule has 0 amide bonds. The van der Waals surface area contributed by atoms with E-state index in [0.29, 0.717) is 29.0 Å². The van der Waals surface area contributed by atoms with Crippen molar-refractivity contribution in [1.82, 2.24) is 10.1 Å². The van der Waals surface area contributed by atoms with Gasteiger partial charge in [-0.2, -0.15) is 16.3 Å². The molecular weight excluding hydrogens is 428 g/mol. The van der Waals surface area contributed by atoms with Crippen LogP contribution in [0.2, 0.25) is 0 Å². The number of rotatable bonds is 6. The lowest BCUT2D eigenvalue weighted by Gasteiger charge is -2.12. The van der Waals surface area contributed by atoms with Crippen LogP contribution in [0, 0.1) is 0 Å². The largest absolute Gasteiger partial charge is 0.493 e. The van der Waals surface area contributed by atoms with Crippen molar-refractivity contribution in [2.24, 2.45) is 0 Å². The molecule has 0 atom stereocenters. The van der Waals surface area contributed by atoms with Gasteiger partial charge in [-0.25, -0.2) is 0 Å². The number of nitrogens with zero attached hydrogens (tertiary/aromatic N) is 2. The molecule has 0 aliphatic heterocycles. The zero-order valence-corrected chi connectivity index (χ0v) is 16.6. The fraction of sp³-hybridized carbons (Fsp3) is 0.176. The monoisotopic (exact) mass is 440 g/mol. The first-order valence-corrected chi connectivity index (χ1v) is 9.48. The molecule has 0 N–H and O–H groups in total. The predicted molar refractivity (Wildman–Crippen MR) is 103 cm³/mol. The molecule has 0 saturated heterocycles. The van der Waals surface area contributed by atoms with Crippen LogP contribution >= 0.6 is 38.9 Å². The van der Waals surface area contributed by atoms with Crippen LogP contribution in [-0.2, 0) is 0 Å². The van der Waals surface area contributed by atoms with Crippen LogP contribution in [0.5, 0.6) is 11.5 Å². The van der Waals surface area contributed by atoms with Gasteiger partial charge >= 0.3 is 0 Å². The number of ether oxygens (including phenoxy) is 2. The van der Waals surface area contributed by atoms with Crippen LogP contribution in [0.3, 0.4) is 0 Å². The summed E-state index contributed by atoms with van der Waals surface area (Å²) in [6.07, 6.45) is 1.73. The second-order valence-electron chi connectivity index (χ2n) is 4.89. The second kappa shape index (κ2) is 8.03. The highest BCUT2D eigenvalue weighted by Gasteiger charge is 2.14. The molecule has 8 heteroatoms. The lowest BCUT2D eigenvalue weighted by atomic mass is 10.2. The molecule has 3 aromatic rings. The number of methoxy groups -OCH3 is 1. The van der Waals surface area contributed by atoms with E-state index in [1.165, 1.54) is 0 Å². The molecular formula is C17H14BrClN2O3S. The molecule has 1 aromatic carbocycles. The molecule has 0 aliphatic rings. The molecule has 25 heavy (non-hydrogen) atoms. The Hall–Kier alpha value is -1.83. The van der Waals surface area contributed by atoms with Crippen molar-refractivity contribution >= 4 is 50.0 Å². The molecule has 0 fully saturated rings. The van der Waals surface area contributed by atoms with Crippen LogP contribution in [0.15, 0.2) is 38.0 Å². The summed E-state index contributed by atoms with van der Waals surface area (Å²) in [5.74, 6) is 2.02. The first kappa shape index (κ1) is 18.0. The van der Waals surface area contributed by atoms with Gasteiger partial charge in [-0.15, -0.1) is 0 Å². The molecule has 2 heterocycles. The number of hydrogen-bond acceptors (Lipinski definition) is 6. The van der Waals surface area contributed by atoms with Gasteiger partial charge in [0.15, 0.2) is 11.5 Å². The highest BCUT2D eigenvalue weighted by Crippen LogP contribution is 2.38. The second-order valence-corrected chi connectivity index (χ2v) is 6.94. The lowest BCUT2D eigenvalue weighted by molar-refractivity contribution is 0.309. The van der Waals surface area contributed by atoms with Gasteiger partial charge in [0, 0.05) is 10.9 Å². The third-order valence-corrected chi connectivity index (χ3v) is 4.79. The summed E-state index contributed by atoms with van der Waals surface area (Å²) in [7, 11) is 1.59. The molecule has 3 rings (SSSR count). The zero-order valence-electron chi connectivity index (χ0n) is 13.5. The van der Waals surface area contributed by atoms with E-state index >= 15 is 0 Å². The highest BCUT2D eigenvalue weighted by molar-refractivity contribution is 9.10. The van der Waals surface area contributed by atoms with Crippen molar-refractivity contribution in [3.8, 4) is 22.9 Å². The minimum atomic E-state index is 0.256. The van der Waals surface area contributed by atoms with Gasteiger partial charge in [0.1, 0.15) is 5.03 Å². The Bertz CT molecular complexity index is 893. The van der Waals surface area contributed by atoms with Crippen LogP contribution in [0.1, 0.15) is 18.4 Å². The predicted octanol–water partition coefficient (Wildman–Crippen LogP) is 5.70. The number of hydrogen-bond donors (Lipinski definition) is 0. The van der Waals surface area contributed by atoms with Crippen molar-refractivity contribution in [3.63, 3.8) is 0 Å².